The molecule has 0 aliphatic heterocycles. The smallest absolute Gasteiger partial charge is 0.326 e. The van der Waals surface area contributed by atoms with Crippen molar-refractivity contribution in [3.8, 4) is 17.2 Å². The first-order valence-electron chi connectivity index (χ1n) is 45.7. The van der Waals surface area contributed by atoms with Crippen molar-refractivity contribution in [1.29, 1.82) is 5.41 Å². The molecule has 14 amide bonds. The number of para-hydroxylation sites is 1. The lowest BCUT2D eigenvalue weighted by Crippen LogP contribution is -2.63. The van der Waals surface area contributed by atoms with E-state index >= 15 is 4.79 Å². The number of hydrogen-bond acceptors (Lipinski definition) is 26. The first kappa shape index (κ1) is 116. The Balaban J connectivity index is 0.00000847. The highest BCUT2D eigenvalue weighted by atomic mass is 16.4. The lowest BCUT2D eigenvalue weighted by molar-refractivity contribution is -0.142. The van der Waals surface area contributed by atoms with E-state index < -0.39 is 247 Å². The van der Waals surface area contributed by atoms with Crippen LogP contribution in [0.15, 0.2) is 116 Å². The second kappa shape index (κ2) is 58.0. The lowest BCUT2D eigenvalue weighted by Gasteiger charge is -2.30. The number of benzene rings is 4. The zero-order valence-electron chi connectivity index (χ0n) is 79.7. The molecule has 140 heavy (non-hydrogen) atoms. The average molecular weight is 1960 g/mol. The number of carboxylic acids is 3. The number of nitrogens with zero attached hydrogens (tertiary/aromatic N) is 1. The number of H-pyrrole nitrogens is 2. The quantitative estimate of drug-likeness (QED) is 0.0103. The highest BCUT2D eigenvalue weighted by molar-refractivity contribution is 6.02. The molecule has 16 atom stereocenters. The van der Waals surface area contributed by atoms with E-state index in [0.717, 1.165) is 13.8 Å². The summed E-state index contributed by atoms with van der Waals surface area (Å²) < 4.78 is 0. The highest BCUT2D eigenvalue weighted by Crippen LogP contribution is 2.23. The van der Waals surface area contributed by atoms with Crippen molar-refractivity contribution in [2.75, 3.05) is 26.2 Å². The van der Waals surface area contributed by atoms with Crippen LogP contribution in [-0.4, -0.2) is 279 Å². The van der Waals surface area contributed by atoms with E-state index in [2.05, 4.69) is 94.7 Å². The summed E-state index contributed by atoms with van der Waals surface area (Å²) in [5.41, 5.74) is 20.2. The van der Waals surface area contributed by atoms with Gasteiger partial charge in [0.1, 0.15) is 95.8 Å². The van der Waals surface area contributed by atoms with E-state index in [-0.39, 0.29) is 94.5 Å². The molecule has 47 nitrogen and oxygen atoms in total. The number of aliphatic hydroxyl groups excluding tert-OH is 2. The third-order valence-electron chi connectivity index (χ3n) is 22.2. The van der Waals surface area contributed by atoms with Crippen molar-refractivity contribution in [1.82, 2.24) is 94.7 Å². The molecular weight excluding hydrogens is 1830 g/mol. The van der Waals surface area contributed by atoms with Gasteiger partial charge in [-0.3, -0.25) is 82.1 Å². The van der Waals surface area contributed by atoms with E-state index in [4.69, 9.17) is 32.5 Å². The van der Waals surface area contributed by atoms with Crippen LogP contribution in [-0.2, 0) is 114 Å². The number of aliphatic carboxylic acids is 3. The Morgan fingerprint density at radius 2 is 0.864 bits per heavy atom. The molecule has 6 rings (SSSR count). The molecule has 0 fully saturated rings. The van der Waals surface area contributed by atoms with Crippen LogP contribution in [0, 0.1) is 29.1 Å². The molecular formula is C93H134N22O25. The van der Waals surface area contributed by atoms with Crippen LogP contribution < -0.4 is 97.0 Å². The van der Waals surface area contributed by atoms with E-state index in [0.29, 0.717) is 45.3 Å². The summed E-state index contributed by atoms with van der Waals surface area (Å²) in [6.07, 6.45) is 0.241. The van der Waals surface area contributed by atoms with Crippen LogP contribution in [0.2, 0.25) is 0 Å². The molecule has 6 aromatic rings. The van der Waals surface area contributed by atoms with E-state index in [1.54, 1.807) is 84.1 Å². The number of amides is 14. The number of aromatic nitrogens is 3. The van der Waals surface area contributed by atoms with Gasteiger partial charge >= 0.3 is 11.9 Å². The number of nitrogens with one attached hydrogen (secondary N) is 18. The number of carboxylic acid groups (broad SMARTS) is 3. The van der Waals surface area contributed by atoms with Crippen molar-refractivity contribution in [3.05, 3.63) is 144 Å². The van der Waals surface area contributed by atoms with Gasteiger partial charge in [0.15, 0.2) is 5.96 Å². The number of aliphatic hydroxyl groups is 2. The number of imidazole rings is 1. The highest BCUT2D eigenvalue weighted by Gasteiger charge is 2.41. The number of fused-ring (bicyclic) bond motifs is 1. The number of nitrogens with two attached hydrogens (primary N) is 3. The average Bonchev–Trinajstić information content (AvgIpc) is 1.64. The van der Waals surface area contributed by atoms with Crippen LogP contribution in [0.4, 0.5) is 0 Å². The summed E-state index contributed by atoms with van der Waals surface area (Å²) in [4.78, 5) is 246. The van der Waals surface area contributed by atoms with Crippen LogP contribution in [0.25, 0.3) is 10.9 Å². The minimum absolute atomic E-state index is 0.0000516. The number of carbonyl (C=O) groups excluding carboxylic acids is 14. The Morgan fingerprint density at radius 1 is 0.450 bits per heavy atom. The fraction of sp³-hybridized carbons (Fsp3) is 0.495. The third kappa shape index (κ3) is 39.7. The number of aromatic hydroxyl groups is 3. The van der Waals surface area contributed by atoms with Gasteiger partial charge in [0.25, 0.3) is 5.97 Å². The first-order chi connectivity index (χ1) is 66.1. The molecule has 4 aromatic carbocycles. The number of carbonyl (C=O) groups is 17. The number of rotatable bonds is 57. The van der Waals surface area contributed by atoms with Crippen molar-refractivity contribution in [2.45, 2.75) is 243 Å². The predicted octanol–water partition coefficient (Wildman–Crippen LogP) is -2.91. The Kier molecular flexibility index (Phi) is 47.9. The van der Waals surface area contributed by atoms with E-state index in [1.165, 1.54) is 87.0 Å². The SMILES string of the molecule is CC(=O)O.CCC(C)C(NC(=O)C(Cc1c[nH]c2ccccc12)NC(=O)C(CC(=O)O)NC(=O)C(CC(C)C)NC(=O)C(Cc1ccc(O)cc1)NC(=O)C(CCCNC(=N)N)NC(=O)C(CO)NC(=O)C(NC(=O)C(CCCCN)NC(=O)C(NC(=O)C(Cc1ccc(O)cc1)NC(=O)C(NC(=O)CNC(=O)C(N)Cc1ccc(O)cc1)C(C)C)C(C)O)C(C)C)C(=O)NC(Cc1c[nH]cn1)C(=O)O. The number of aromatic amines is 2. The maximum atomic E-state index is 15.0. The molecule has 0 bridgehead atoms. The molecule has 0 aliphatic rings. The van der Waals surface area contributed by atoms with Crippen LogP contribution in [0.1, 0.15) is 149 Å². The van der Waals surface area contributed by atoms with Gasteiger partial charge in [0, 0.05) is 62.4 Å². The van der Waals surface area contributed by atoms with Crippen molar-refractivity contribution in [2.24, 2.45) is 40.9 Å². The predicted molar refractivity (Wildman–Crippen MR) is 508 cm³/mol. The van der Waals surface area contributed by atoms with Gasteiger partial charge < -0.3 is 148 Å². The Labute approximate surface area is 807 Å². The molecule has 0 spiro atoms. The van der Waals surface area contributed by atoms with E-state index in [1.807, 2.05) is 0 Å². The van der Waals surface area contributed by atoms with E-state index in [9.17, 15) is 108 Å². The fourth-order valence-electron chi connectivity index (χ4n) is 14.4. The topological polar surface area (TPSA) is 779 Å². The van der Waals surface area contributed by atoms with Gasteiger partial charge in [0.05, 0.1) is 43.7 Å². The molecule has 0 aliphatic carbocycles. The molecule has 0 saturated carbocycles. The van der Waals surface area contributed by atoms with Crippen molar-refractivity contribution in [3.63, 3.8) is 0 Å². The maximum absolute atomic E-state index is 15.0. The normalized spacial score (nSPS) is 14.6. The molecule has 16 unspecified atom stereocenters. The van der Waals surface area contributed by atoms with Crippen LogP contribution in [0.5, 0.6) is 17.2 Å². The van der Waals surface area contributed by atoms with Gasteiger partial charge in [0.2, 0.25) is 82.7 Å². The molecule has 2 heterocycles. The molecule has 47 heteroatoms. The van der Waals surface area contributed by atoms with Gasteiger partial charge in [-0.2, -0.15) is 0 Å². The number of guanidine groups is 1. The minimum Gasteiger partial charge on any atom is -0.508 e. The number of phenolic OH excluding ortho intramolecular Hbond substituents is 3. The molecule has 32 N–H and O–H groups in total. The summed E-state index contributed by atoms with van der Waals surface area (Å²) in [6, 6.07) is 1.05. The number of unbranched alkanes of at least 4 members (excludes halogenated alkanes) is 1. The maximum Gasteiger partial charge on any atom is 0.326 e. The molecule has 766 valence electrons. The summed E-state index contributed by atoms with van der Waals surface area (Å²) in [6.45, 7) is 13.3. The standard InChI is InChI=1S/C91H130N22O23.C2H4O2/c1-10-49(8)75(88(133)108-69(90(135)136)39-55-42-96-45-100-55)112-84(129)67(38-54-41-98-61-17-12-11-16-59(54)61)105-82(127)68(40-72(120)121)106-80(125)64(34-46(2)3)103-81(126)65(36-52-22-28-57(117)29-23-52)104-78(123)63(19-15-33-97-91(94)95)101-85(130)70(44-114)109-87(132)74(48(6)7)111-79(124)62(18-13-14-32-92)102-89(134)76(50(9)115)113-83(128)66(37-53-24-30-58(118)31-25-53)107-86(131)73(47(4)5)110-71(119)43-99-77(122)60(93)35-51-20-26-56(116)27-21-51;1-2(3)4/h11-12,16-17,20-31,41-42,45-50,60,62-70,73-76,98,114-118H,10,13-15,18-19,32-40,43-44,92-93H2,1-9H3,(H,96,100)(H,99,122)(H,101,130)(H,102,134)(H,103,126)(H,104,123)(H,105,127)(H,106,125)(H,107,131)(H,108,133)(H,109,132)(H,110,119)(H,111,124)(H,112,129)(H,113,128)(H,120,121)(H,135,136)(H4,94,95,97);1H3,(H,3,4). The monoisotopic (exact) mass is 1960 g/mol. The summed E-state index contributed by atoms with van der Waals surface area (Å²) in [5.74, 6) is -21.7. The Hall–Kier alpha value is -14.9. The number of hydrogen-bond donors (Lipinski definition) is 29. The van der Waals surface area contributed by atoms with Gasteiger partial charge in [-0.1, -0.05) is 116 Å². The second-order valence-electron chi connectivity index (χ2n) is 35.0. The zero-order valence-corrected chi connectivity index (χ0v) is 79.7. The summed E-state index contributed by atoms with van der Waals surface area (Å²) in [7, 11) is 0. The second-order valence-corrected chi connectivity index (χ2v) is 35.0. The molecule has 0 saturated heterocycles. The van der Waals surface area contributed by atoms with Gasteiger partial charge in [-0.25, -0.2) is 9.78 Å². The molecule has 2 aromatic heterocycles. The van der Waals surface area contributed by atoms with Gasteiger partial charge in [-0.05, 0) is 147 Å². The van der Waals surface area contributed by atoms with Crippen LogP contribution >= 0.6 is 0 Å². The molecule has 0 radical (unpaired) electrons. The largest absolute Gasteiger partial charge is 0.508 e. The summed E-state index contributed by atoms with van der Waals surface area (Å²) in [5, 5.41) is 126. The zero-order chi connectivity index (χ0) is 104. The fourth-order valence-corrected chi connectivity index (χ4v) is 14.4. The van der Waals surface area contributed by atoms with Crippen molar-refractivity contribution < 1.29 is 122 Å². The Morgan fingerprint density at radius 3 is 1.36 bits per heavy atom. The van der Waals surface area contributed by atoms with Crippen LogP contribution in [0.3, 0.4) is 0 Å². The number of phenols is 3. The van der Waals surface area contributed by atoms with Crippen molar-refractivity contribution >= 4 is 117 Å². The summed E-state index contributed by atoms with van der Waals surface area (Å²) >= 11 is 0. The first-order valence-corrected chi connectivity index (χ1v) is 45.7. The van der Waals surface area contributed by atoms with Gasteiger partial charge in [-0.15, -0.1) is 0 Å². The third-order valence-corrected chi connectivity index (χ3v) is 22.2. The lowest BCUT2D eigenvalue weighted by atomic mass is 9.96. The Bertz CT molecular complexity index is 5150. The minimum atomic E-state index is -2.01.